The second-order valence-electron chi connectivity index (χ2n) is 9.98. The van der Waals surface area contributed by atoms with Gasteiger partial charge in [-0.05, 0) is 38.7 Å². The molecule has 0 unspecified atom stereocenters. The van der Waals surface area contributed by atoms with E-state index in [1.54, 1.807) is 0 Å². The lowest BCUT2D eigenvalue weighted by atomic mass is 9.91. The average Bonchev–Trinajstić information content (AvgIpc) is 2.51. The molecule has 2 heteroatoms. The van der Waals surface area contributed by atoms with Gasteiger partial charge in [-0.25, -0.2) is 0 Å². The van der Waals surface area contributed by atoms with E-state index in [2.05, 4.69) is 117 Å². The summed E-state index contributed by atoms with van der Waals surface area (Å²) in [4.78, 5) is 2.26. The first kappa shape index (κ1) is 22.0. The average molecular weight is 384 g/mol. The van der Waals surface area contributed by atoms with Crippen LogP contribution in [0.15, 0.2) is 42.5 Å². The highest BCUT2D eigenvalue weighted by atomic mass is 31.1. The van der Waals surface area contributed by atoms with Crippen LogP contribution in [-0.4, -0.2) is 24.4 Å². The largest absolute Gasteiger partial charge is 0.377 e. The Morgan fingerprint density at radius 2 is 1.33 bits per heavy atom. The van der Waals surface area contributed by atoms with E-state index in [4.69, 9.17) is 0 Å². The molecule has 0 saturated carbocycles. The van der Waals surface area contributed by atoms with Crippen LogP contribution in [0, 0.1) is 0 Å². The summed E-state index contributed by atoms with van der Waals surface area (Å²) in [5.41, 5.74) is 5.58. The normalized spacial score (nSPS) is 12.7. The quantitative estimate of drug-likeness (QED) is 0.503. The number of benzene rings is 2. The third-order valence-corrected chi connectivity index (χ3v) is 8.49. The maximum absolute atomic E-state index is 2.40. The summed E-state index contributed by atoms with van der Waals surface area (Å²) in [5.74, 6) is 0.489. The highest BCUT2D eigenvalue weighted by Crippen LogP contribution is 2.59. The van der Waals surface area contributed by atoms with Crippen LogP contribution in [-0.2, 0) is 0 Å². The van der Waals surface area contributed by atoms with Gasteiger partial charge in [0.15, 0.2) is 0 Å². The van der Waals surface area contributed by atoms with Crippen molar-refractivity contribution in [2.75, 3.05) is 19.0 Å². The van der Waals surface area contributed by atoms with Crippen LogP contribution in [0.25, 0.3) is 11.1 Å². The zero-order chi connectivity index (χ0) is 20.6. The fourth-order valence-corrected chi connectivity index (χ4v) is 8.43. The Morgan fingerprint density at radius 1 is 0.778 bits per heavy atom. The van der Waals surface area contributed by atoms with Crippen molar-refractivity contribution in [2.45, 2.75) is 71.6 Å². The molecule has 0 saturated heterocycles. The Bertz CT molecular complexity index is 735. The summed E-state index contributed by atoms with van der Waals surface area (Å²) < 4.78 is 0. The molecule has 0 spiro atoms. The monoisotopic (exact) mass is 383 g/mol. The van der Waals surface area contributed by atoms with Gasteiger partial charge >= 0.3 is 0 Å². The molecule has 0 fully saturated rings. The fourth-order valence-electron chi connectivity index (χ4n) is 4.31. The van der Waals surface area contributed by atoms with Gasteiger partial charge in [-0.1, -0.05) is 99.7 Å². The summed E-state index contributed by atoms with van der Waals surface area (Å²) in [6, 6.07) is 15.9. The minimum Gasteiger partial charge on any atom is -0.377 e. The molecule has 0 aliphatic heterocycles. The molecule has 0 aliphatic carbocycles. The molecule has 1 nitrogen and oxygen atoms in total. The third-order valence-electron chi connectivity index (χ3n) is 4.93. The maximum Gasteiger partial charge on any atom is 0.0443 e. The molecule has 0 radical (unpaired) electrons. The lowest BCUT2D eigenvalue weighted by Crippen LogP contribution is -2.32. The summed E-state index contributed by atoms with van der Waals surface area (Å²) in [5, 5.41) is 2.02. The van der Waals surface area contributed by atoms with Gasteiger partial charge in [0.05, 0.1) is 0 Å². The Morgan fingerprint density at radius 3 is 1.81 bits per heavy atom. The highest BCUT2D eigenvalue weighted by Gasteiger charge is 2.37. The van der Waals surface area contributed by atoms with Gasteiger partial charge in [0.1, 0.15) is 0 Å². The topological polar surface area (TPSA) is 3.24 Å². The molecule has 0 aromatic heterocycles. The molecule has 148 valence electrons. The second-order valence-corrected chi connectivity index (χ2v) is 13.8. The van der Waals surface area contributed by atoms with Gasteiger partial charge in [-0.15, -0.1) is 0 Å². The number of hydrogen-bond donors (Lipinski definition) is 0. The van der Waals surface area contributed by atoms with Gasteiger partial charge in [-0.3, -0.25) is 0 Å². The number of hydrogen-bond acceptors (Lipinski definition) is 1. The Hall–Kier alpha value is -1.33. The first-order chi connectivity index (χ1) is 12.4. The van der Waals surface area contributed by atoms with Gasteiger partial charge in [0, 0.05) is 25.3 Å². The molecule has 0 atom stereocenters. The van der Waals surface area contributed by atoms with E-state index < -0.39 is 0 Å². The van der Waals surface area contributed by atoms with Gasteiger partial charge in [-0.2, -0.15) is 0 Å². The fraction of sp³-hybridized carbons (Fsp3) is 0.520. The first-order valence-corrected chi connectivity index (χ1v) is 11.4. The van der Waals surface area contributed by atoms with Gasteiger partial charge in [0.2, 0.25) is 0 Å². The van der Waals surface area contributed by atoms with Gasteiger partial charge < -0.3 is 4.90 Å². The highest BCUT2D eigenvalue weighted by molar-refractivity contribution is 7.68. The predicted molar refractivity (Wildman–Crippen MR) is 126 cm³/mol. The molecule has 2 aromatic rings. The third kappa shape index (κ3) is 4.75. The van der Waals surface area contributed by atoms with Crippen LogP contribution in [0.3, 0.4) is 0 Å². The number of rotatable bonds is 4. The molecular weight excluding hydrogens is 345 g/mol. The molecule has 0 amide bonds. The van der Waals surface area contributed by atoms with Crippen LogP contribution < -0.4 is 10.2 Å². The van der Waals surface area contributed by atoms with Crippen LogP contribution in [0.4, 0.5) is 5.69 Å². The minimum absolute atomic E-state index is 0.245. The van der Waals surface area contributed by atoms with Crippen molar-refractivity contribution in [2.24, 2.45) is 0 Å². The predicted octanol–water partition coefficient (Wildman–Crippen LogP) is 7.25. The smallest absolute Gasteiger partial charge is 0.0443 e. The molecule has 0 heterocycles. The first-order valence-electron chi connectivity index (χ1n) is 10.1. The minimum atomic E-state index is -0.364. The van der Waals surface area contributed by atoms with E-state index in [0.29, 0.717) is 5.92 Å². The van der Waals surface area contributed by atoms with Gasteiger partial charge in [0.25, 0.3) is 0 Å². The van der Waals surface area contributed by atoms with Crippen LogP contribution >= 0.6 is 7.92 Å². The van der Waals surface area contributed by atoms with Crippen molar-refractivity contribution in [3.05, 3.63) is 48.0 Å². The zero-order valence-electron chi connectivity index (χ0n) is 19.0. The van der Waals surface area contributed by atoms with Crippen molar-refractivity contribution in [3.63, 3.8) is 0 Å². The Labute approximate surface area is 168 Å². The molecule has 0 bridgehead atoms. The van der Waals surface area contributed by atoms with Crippen molar-refractivity contribution in [1.82, 2.24) is 0 Å². The molecule has 0 N–H and O–H groups in total. The lowest BCUT2D eigenvalue weighted by Gasteiger charge is -2.43. The maximum atomic E-state index is 2.40. The number of anilines is 1. The van der Waals surface area contributed by atoms with Crippen molar-refractivity contribution < 1.29 is 0 Å². The Kier molecular flexibility index (Phi) is 6.48. The lowest BCUT2D eigenvalue weighted by molar-refractivity contribution is 0.715. The summed E-state index contributed by atoms with van der Waals surface area (Å²) >= 11 is 0. The number of nitrogens with zero attached hydrogens (tertiary/aromatic N) is 1. The van der Waals surface area contributed by atoms with E-state index >= 15 is 0 Å². The van der Waals surface area contributed by atoms with E-state index in [0.717, 1.165) is 0 Å². The van der Waals surface area contributed by atoms with Crippen molar-refractivity contribution >= 4 is 18.9 Å². The molecule has 2 rings (SSSR count). The van der Waals surface area contributed by atoms with Crippen molar-refractivity contribution in [1.29, 1.82) is 0 Å². The van der Waals surface area contributed by atoms with E-state index in [1.165, 1.54) is 27.7 Å². The molecular formula is C25H38NP. The van der Waals surface area contributed by atoms with E-state index in [-0.39, 0.29) is 18.2 Å². The van der Waals surface area contributed by atoms with Crippen LogP contribution in [0.2, 0.25) is 0 Å². The van der Waals surface area contributed by atoms with E-state index in [9.17, 15) is 0 Å². The van der Waals surface area contributed by atoms with Crippen LogP contribution in [0.5, 0.6) is 0 Å². The summed E-state index contributed by atoms with van der Waals surface area (Å²) in [6.07, 6.45) is 0. The zero-order valence-corrected chi connectivity index (χ0v) is 19.9. The summed E-state index contributed by atoms with van der Waals surface area (Å²) in [7, 11) is 3.95. The summed E-state index contributed by atoms with van der Waals surface area (Å²) in [6.45, 7) is 19.0. The molecule has 0 aliphatic rings. The molecule has 27 heavy (non-hydrogen) atoms. The SMILES string of the molecule is CC(C)c1cccc(N(C)C)c1-c1ccccc1P(C(C)(C)C)C(C)(C)C. The van der Waals surface area contributed by atoms with Crippen LogP contribution in [0.1, 0.15) is 66.9 Å². The molecule has 2 aromatic carbocycles. The standard InChI is InChI=1S/C25H38NP/c1-18(2)19-15-13-16-21(26(9)10)23(19)20-14-11-12-17-22(20)27(24(3,4)5)25(6,7)8/h11-18H,1-10H3. The Balaban J connectivity index is 2.88. The van der Waals surface area contributed by atoms with Crippen molar-refractivity contribution in [3.8, 4) is 11.1 Å². The van der Waals surface area contributed by atoms with E-state index in [1.807, 2.05) is 0 Å². The second kappa shape index (κ2) is 7.96.